The summed E-state index contributed by atoms with van der Waals surface area (Å²) in [6.45, 7) is 3.63. The first kappa shape index (κ1) is 16.8. The van der Waals surface area contributed by atoms with Crippen LogP contribution in [-0.2, 0) is 24.4 Å². The minimum Gasteiger partial charge on any atom is -0.332 e. The molecule has 0 aliphatic heterocycles. The van der Waals surface area contributed by atoms with E-state index in [4.69, 9.17) is 0 Å². The summed E-state index contributed by atoms with van der Waals surface area (Å²) in [5.41, 5.74) is 3.18. The highest BCUT2D eigenvalue weighted by Crippen LogP contribution is 2.12. The fraction of sp³-hybridized carbons (Fsp3) is 0.263. The van der Waals surface area contributed by atoms with Gasteiger partial charge in [0, 0.05) is 19.2 Å². The summed E-state index contributed by atoms with van der Waals surface area (Å²) in [7, 11) is 0. The lowest BCUT2D eigenvalue weighted by atomic mass is 10.1. The van der Waals surface area contributed by atoms with E-state index < -0.39 is 0 Å². The monoisotopic (exact) mass is 335 g/mol. The van der Waals surface area contributed by atoms with Crippen LogP contribution in [0.5, 0.6) is 0 Å². The summed E-state index contributed by atoms with van der Waals surface area (Å²) in [6, 6.07) is 14.0. The van der Waals surface area contributed by atoms with E-state index in [1.807, 2.05) is 35.2 Å². The number of hydrogen-bond donors (Lipinski definition) is 0. The third-order valence-electron chi connectivity index (χ3n) is 3.91. The summed E-state index contributed by atoms with van der Waals surface area (Å²) >= 11 is 0. The molecule has 25 heavy (non-hydrogen) atoms. The Morgan fingerprint density at radius 2 is 2.08 bits per heavy atom. The van der Waals surface area contributed by atoms with Crippen molar-refractivity contribution in [3.05, 3.63) is 78.1 Å². The predicted molar refractivity (Wildman–Crippen MR) is 94.3 cm³/mol. The van der Waals surface area contributed by atoms with E-state index in [2.05, 4.69) is 34.1 Å². The molecule has 0 atom stereocenters. The lowest BCUT2D eigenvalue weighted by molar-refractivity contribution is -0.132. The molecule has 0 N–H and O–H groups in total. The zero-order valence-electron chi connectivity index (χ0n) is 14.2. The largest absolute Gasteiger partial charge is 0.332 e. The van der Waals surface area contributed by atoms with Gasteiger partial charge >= 0.3 is 0 Å². The Labute approximate surface area is 147 Å². The maximum atomic E-state index is 12.8. The molecule has 3 rings (SSSR count). The van der Waals surface area contributed by atoms with Gasteiger partial charge in [0.25, 0.3) is 0 Å². The van der Waals surface area contributed by atoms with Crippen LogP contribution in [0.1, 0.15) is 23.2 Å². The van der Waals surface area contributed by atoms with E-state index in [-0.39, 0.29) is 5.91 Å². The molecule has 0 saturated carbocycles. The van der Waals surface area contributed by atoms with E-state index in [1.54, 1.807) is 17.2 Å². The van der Waals surface area contributed by atoms with E-state index in [0.717, 1.165) is 11.3 Å². The van der Waals surface area contributed by atoms with Crippen molar-refractivity contribution in [3.8, 4) is 0 Å². The average molecular weight is 335 g/mol. The Bertz CT molecular complexity index is 802. The molecule has 1 amide bonds. The number of pyridine rings is 1. The number of rotatable bonds is 7. The maximum absolute atomic E-state index is 12.8. The van der Waals surface area contributed by atoms with Crippen LogP contribution in [0.2, 0.25) is 0 Å². The molecule has 6 nitrogen and oxygen atoms in total. The third-order valence-corrected chi connectivity index (χ3v) is 3.91. The molecule has 0 aliphatic rings. The molecule has 0 unspecified atom stereocenters. The first-order chi connectivity index (χ1) is 12.2. The van der Waals surface area contributed by atoms with Gasteiger partial charge in [0.1, 0.15) is 12.7 Å². The minimum absolute atomic E-state index is 0.0719. The van der Waals surface area contributed by atoms with Crippen molar-refractivity contribution in [2.75, 3.05) is 0 Å². The highest BCUT2D eigenvalue weighted by atomic mass is 16.2. The second-order valence-corrected chi connectivity index (χ2v) is 5.97. The molecule has 128 valence electrons. The second kappa shape index (κ2) is 8.19. The minimum atomic E-state index is 0.0719. The Morgan fingerprint density at radius 3 is 2.80 bits per heavy atom. The van der Waals surface area contributed by atoms with E-state index in [0.29, 0.717) is 26.1 Å². The molecule has 0 saturated heterocycles. The van der Waals surface area contributed by atoms with Crippen LogP contribution >= 0.6 is 0 Å². The van der Waals surface area contributed by atoms with E-state index >= 15 is 0 Å². The summed E-state index contributed by atoms with van der Waals surface area (Å²) in [4.78, 5) is 22.9. The van der Waals surface area contributed by atoms with Crippen LogP contribution in [-0.4, -0.2) is 30.6 Å². The van der Waals surface area contributed by atoms with Gasteiger partial charge < -0.3 is 4.90 Å². The van der Waals surface area contributed by atoms with Crippen molar-refractivity contribution in [1.29, 1.82) is 0 Å². The Kier molecular flexibility index (Phi) is 5.51. The lowest BCUT2D eigenvalue weighted by Crippen LogP contribution is -2.31. The second-order valence-electron chi connectivity index (χ2n) is 5.97. The van der Waals surface area contributed by atoms with Crippen molar-refractivity contribution in [2.24, 2.45) is 0 Å². The predicted octanol–water partition coefficient (Wildman–Crippen LogP) is 2.60. The molecule has 0 spiro atoms. The van der Waals surface area contributed by atoms with Crippen LogP contribution in [0.15, 0.2) is 61.3 Å². The lowest BCUT2D eigenvalue weighted by Gasteiger charge is -2.23. The molecule has 6 heteroatoms. The fourth-order valence-electron chi connectivity index (χ4n) is 2.67. The molecule has 1 aromatic carbocycles. The fourth-order valence-corrected chi connectivity index (χ4v) is 2.67. The van der Waals surface area contributed by atoms with Gasteiger partial charge in [0.15, 0.2) is 0 Å². The molecular weight excluding hydrogens is 314 g/mol. The Hall–Kier alpha value is -3.02. The molecule has 2 heterocycles. The highest BCUT2D eigenvalue weighted by Gasteiger charge is 2.15. The van der Waals surface area contributed by atoms with Gasteiger partial charge in [-0.3, -0.25) is 14.5 Å². The Balaban J connectivity index is 1.71. The third kappa shape index (κ3) is 4.97. The van der Waals surface area contributed by atoms with Gasteiger partial charge in [-0.25, -0.2) is 4.98 Å². The van der Waals surface area contributed by atoms with Crippen LogP contribution in [0.4, 0.5) is 0 Å². The quantitative estimate of drug-likeness (QED) is 0.666. The first-order valence-electron chi connectivity index (χ1n) is 8.26. The van der Waals surface area contributed by atoms with Crippen molar-refractivity contribution >= 4 is 5.91 Å². The van der Waals surface area contributed by atoms with Gasteiger partial charge in [-0.15, -0.1) is 0 Å². The number of carbonyl (C=O) groups excluding carboxylic acids is 1. The molecule has 3 aromatic rings. The normalized spacial score (nSPS) is 10.6. The van der Waals surface area contributed by atoms with E-state index in [1.165, 1.54) is 11.9 Å². The van der Waals surface area contributed by atoms with Crippen molar-refractivity contribution in [3.63, 3.8) is 0 Å². The topological polar surface area (TPSA) is 63.9 Å². The van der Waals surface area contributed by atoms with Gasteiger partial charge in [-0.05, 0) is 24.6 Å². The number of aromatic nitrogens is 4. The molecule has 2 aromatic heterocycles. The van der Waals surface area contributed by atoms with Crippen molar-refractivity contribution in [1.82, 2.24) is 24.6 Å². The summed E-state index contributed by atoms with van der Waals surface area (Å²) in [6.07, 6.45) is 5.22. The van der Waals surface area contributed by atoms with Crippen molar-refractivity contribution in [2.45, 2.75) is 33.0 Å². The van der Waals surface area contributed by atoms with Crippen LogP contribution in [0, 0.1) is 6.92 Å². The van der Waals surface area contributed by atoms with E-state index in [9.17, 15) is 4.79 Å². The van der Waals surface area contributed by atoms with Crippen LogP contribution in [0.25, 0.3) is 0 Å². The number of aryl methyl sites for hydroxylation is 2. The zero-order chi connectivity index (χ0) is 17.5. The number of hydrogen-bond acceptors (Lipinski definition) is 4. The first-order valence-corrected chi connectivity index (χ1v) is 8.26. The molecule has 0 fully saturated rings. The van der Waals surface area contributed by atoms with Crippen LogP contribution < -0.4 is 0 Å². The number of amides is 1. The number of nitrogens with zero attached hydrogens (tertiary/aromatic N) is 5. The smallest absolute Gasteiger partial charge is 0.225 e. The average Bonchev–Trinajstić information content (AvgIpc) is 3.14. The number of carbonyl (C=O) groups is 1. The molecular formula is C19H21N5O. The van der Waals surface area contributed by atoms with Gasteiger partial charge in [0.2, 0.25) is 5.91 Å². The molecule has 0 bridgehead atoms. The zero-order valence-corrected chi connectivity index (χ0v) is 14.2. The highest BCUT2D eigenvalue weighted by molar-refractivity contribution is 5.76. The van der Waals surface area contributed by atoms with Gasteiger partial charge in [0.05, 0.1) is 18.8 Å². The summed E-state index contributed by atoms with van der Waals surface area (Å²) in [5, 5.41) is 4.05. The SMILES string of the molecule is Cc1cccc(CN(Cc2ccccn2)C(=O)CCn2cncn2)c1. The summed E-state index contributed by atoms with van der Waals surface area (Å²) in [5.74, 6) is 0.0719. The van der Waals surface area contributed by atoms with Gasteiger partial charge in [-0.2, -0.15) is 5.10 Å². The molecule has 0 radical (unpaired) electrons. The van der Waals surface area contributed by atoms with Gasteiger partial charge in [-0.1, -0.05) is 35.9 Å². The number of benzene rings is 1. The standard InChI is InChI=1S/C19H21N5O/c1-16-5-4-6-17(11-16)12-23(13-18-7-2-3-9-21-18)19(25)8-10-24-15-20-14-22-24/h2-7,9,11,14-15H,8,10,12-13H2,1H3. The van der Waals surface area contributed by atoms with Crippen molar-refractivity contribution < 1.29 is 4.79 Å². The Morgan fingerprint density at radius 1 is 1.16 bits per heavy atom. The maximum Gasteiger partial charge on any atom is 0.225 e. The molecule has 0 aliphatic carbocycles. The van der Waals surface area contributed by atoms with Crippen LogP contribution in [0.3, 0.4) is 0 Å². The summed E-state index contributed by atoms with van der Waals surface area (Å²) < 4.78 is 1.67.